The molecule has 0 saturated heterocycles. The Morgan fingerprint density at radius 1 is 1.54 bits per heavy atom. The first-order valence-electron chi connectivity index (χ1n) is 3.73. The molecular formula is C7H13NO5. The standard InChI is InChI=1S/C7H13NO5/c1-13-6(11)7(12,5(9)10)3-2-4-8/h12H,2-4,8H2,1H3,(H,9,10). The number of carboxylic acids is 1. The Morgan fingerprint density at radius 3 is 2.38 bits per heavy atom. The molecule has 0 heterocycles. The molecular weight excluding hydrogens is 178 g/mol. The number of hydrogen-bond acceptors (Lipinski definition) is 5. The van der Waals surface area contributed by atoms with Crippen LogP contribution in [0.25, 0.3) is 0 Å². The number of rotatable bonds is 5. The number of carbonyl (C=O) groups excluding carboxylic acids is 1. The smallest absolute Gasteiger partial charge is 0.349 e. The van der Waals surface area contributed by atoms with Crippen LogP contribution in [0.1, 0.15) is 12.8 Å². The Kier molecular flexibility index (Phi) is 4.36. The highest BCUT2D eigenvalue weighted by atomic mass is 16.5. The van der Waals surface area contributed by atoms with Crippen LogP contribution in [0, 0.1) is 0 Å². The van der Waals surface area contributed by atoms with E-state index in [-0.39, 0.29) is 19.4 Å². The zero-order valence-corrected chi connectivity index (χ0v) is 7.32. The zero-order valence-electron chi connectivity index (χ0n) is 7.32. The highest BCUT2D eigenvalue weighted by Crippen LogP contribution is 2.14. The average Bonchev–Trinajstić information content (AvgIpc) is 2.12. The summed E-state index contributed by atoms with van der Waals surface area (Å²) in [4.78, 5) is 21.4. The van der Waals surface area contributed by atoms with Crippen LogP contribution in [-0.2, 0) is 14.3 Å². The van der Waals surface area contributed by atoms with E-state index >= 15 is 0 Å². The third-order valence-corrected chi connectivity index (χ3v) is 1.62. The highest BCUT2D eigenvalue weighted by Gasteiger charge is 2.44. The molecule has 0 spiro atoms. The lowest BCUT2D eigenvalue weighted by Crippen LogP contribution is -2.47. The lowest BCUT2D eigenvalue weighted by atomic mass is 9.98. The largest absolute Gasteiger partial charge is 0.479 e. The summed E-state index contributed by atoms with van der Waals surface area (Å²) in [5, 5.41) is 17.9. The van der Waals surface area contributed by atoms with Crippen molar-refractivity contribution in [3.8, 4) is 0 Å². The van der Waals surface area contributed by atoms with Crippen LogP contribution in [0.2, 0.25) is 0 Å². The Hall–Kier alpha value is -1.14. The summed E-state index contributed by atoms with van der Waals surface area (Å²) in [6.07, 6.45) is -0.0105. The number of ether oxygens (including phenoxy) is 1. The van der Waals surface area contributed by atoms with E-state index in [9.17, 15) is 14.7 Å². The molecule has 0 aromatic rings. The number of nitrogens with two attached hydrogens (primary N) is 1. The van der Waals surface area contributed by atoms with Gasteiger partial charge in [-0.3, -0.25) is 0 Å². The van der Waals surface area contributed by atoms with E-state index in [1.807, 2.05) is 0 Å². The minimum absolute atomic E-state index is 0.201. The van der Waals surface area contributed by atoms with Crippen molar-refractivity contribution < 1.29 is 24.5 Å². The number of carbonyl (C=O) groups is 2. The number of hydrogen-bond donors (Lipinski definition) is 3. The molecule has 6 nitrogen and oxygen atoms in total. The van der Waals surface area contributed by atoms with E-state index in [0.29, 0.717) is 0 Å². The number of methoxy groups -OCH3 is 1. The van der Waals surface area contributed by atoms with Crippen molar-refractivity contribution in [1.82, 2.24) is 0 Å². The summed E-state index contributed by atoms with van der Waals surface area (Å²) in [7, 11) is 1.01. The van der Waals surface area contributed by atoms with Gasteiger partial charge in [-0.1, -0.05) is 0 Å². The summed E-state index contributed by atoms with van der Waals surface area (Å²) >= 11 is 0. The van der Waals surface area contributed by atoms with Gasteiger partial charge in [0.25, 0.3) is 5.60 Å². The highest BCUT2D eigenvalue weighted by molar-refractivity contribution is 6.02. The van der Waals surface area contributed by atoms with Gasteiger partial charge in [-0.15, -0.1) is 0 Å². The Balaban J connectivity index is 4.52. The van der Waals surface area contributed by atoms with Crippen LogP contribution in [0.4, 0.5) is 0 Å². The first kappa shape index (κ1) is 11.9. The van der Waals surface area contributed by atoms with Crippen molar-refractivity contribution in [2.24, 2.45) is 5.73 Å². The summed E-state index contributed by atoms with van der Waals surface area (Å²) in [5.41, 5.74) is 2.66. The molecule has 0 radical (unpaired) electrons. The van der Waals surface area contributed by atoms with Gasteiger partial charge in [0.05, 0.1) is 7.11 Å². The van der Waals surface area contributed by atoms with Crippen molar-refractivity contribution in [3.05, 3.63) is 0 Å². The predicted octanol–water partition coefficient (Wildman–Crippen LogP) is -1.29. The molecule has 76 valence electrons. The first-order valence-corrected chi connectivity index (χ1v) is 3.73. The lowest BCUT2D eigenvalue weighted by Gasteiger charge is -2.19. The summed E-state index contributed by atoms with van der Waals surface area (Å²) in [6.45, 7) is 0.201. The van der Waals surface area contributed by atoms with E-state index in [1.54, 1.807) is 0 Å². The molecule has 0 aliphatic carbocycles. The van der Waals surface area contributed by atoms with E-state index in [4.69, 9.17) is 10.8 Å². The fraction of sp³-hybridized carbons (Fsp3) is 0.714. The average molecular weight is 191 g/mol. The monoisotopic (exact) mass is 191 g/mol. The lowest BCUT2D eigenvalue weighted by molar-refractivity contribution is -0.179. The van der Waals surface area contributed by atoms with Gasteiger partial charge in [0.1, 0.15) is 0 Å². The minimum Gasteiger partial charge on any atom is -0.479 e. The Bertz CT molecular complexity index is 205. The van der Waals surface area contributed by atoms with Gasteiger partial charge in [-0.25, -0.2) is 9.59 Å². The second-order valence-electron chi connectivity index (χ2n) is 2.55. The molecule has 1 unspecified atom stereocenters. The second-order valence-corrected chi connectivity index (χ2v) is 2.55. The summed E-state index contributed by atoms with van der Waals surface area (Å²) in [5.74, 6) is -2.79. The van der Waals surface area contributed by atoms with E-state index in [0.717, 1.165) is 7.11 Å². The fourth-order valence-corrected chi connectivity index (χ4v) is 0.823. The van der Waals surface area contributed by atoms with Crippen LogP contribution in [0.3, 0.4) is 0 Å². The first-order chi connectivity index (χ1) is 5.99. The molecule has 13 heavy (non-hydrogen) atoms. The van der Waals surface area contributed by atoms with Crippen LogP contribution in [-0.4, -0.2) is 41.4 Å². The molecule has 4 N–H and O–H groups in total. The second kappa shape index (κ2) is 4.78. The SMILES string of the molecule is COC(=O)C(O)(CCCN)C(=O)O. The molecule has 0 aromatic carbocycles. The summed E-state index contributed by atoms with van der Waals surface area (Å²) < 4.78 is 4.16. The third kappa shape index (κ3) is 2.67. The van der Waals surface area contributed by atoms with Crippen LogP contribution in [0.15, 0.2) is 0 Å². The zero-order chi connectivity index (χ0) is 10.5. The molecule has 0 fully saturated rings. The number of aliphatic carboxylic acids is 1. The van der Waals surface area contributed by atoms with Crippen LogP contribution < -0.4 is 5.73 Å². The molecule has 0 aliphatic rings. The van der Waals surface area contributed by atoms with Gasteiger partial charge < -0.3 is 20.7 Å². The minimum atomic E-state index is -2.46. The molecule has 0 bridgehead atoms. The van der Waals surface area contributed by atoms with Crippen molar-refractivity contribution in [2.45, 2.75) is 18.4 Å². The van der Waals surface area contributed by atoms with Gasteiger partial charge in [0, 0.05) is 0 Å². The fourth-order valence-electron chi connectivity index (χ4n) is 0.823. The predicted molar refractivity (Wildman–Crippen MR) is 42.9 cm³/mol. The molecule has 0 aromatic heterocycles. The maximum absolute atomic E-state index is 10.9. The normalized spacial score (nSPS) is 14.7. The van der Waals surface area contributed by atoms with Gasteiger partial charge in [-0.2, -0.15) is 0 Å². The molecule has 0 aliphatic heterocycles. The van der Waals surface area contributed by atoms with Crippen molar-refractivity contribution in [1.29, 1.82) is 0 Å². The maximum Gasteiger partial charge on any atom is 0.349 e. The molecule has 0 amide bonds. The third-order valence-electron chi connectivity index (χ3n) is 1.62. The quantitative estimate of drug-likeness (QED) is 0.368. The maximum atomic E-state index is 10.9. The van der Waals surface area contributed by atoms with Gasteiger partial charge in [-0.05, 0) is 19.4 Å². The van der Waals surface area contributed by atoms with Crippen molar-refractivity contribution in [3.63, 3.8) is 0 Å². The van der Waals surface area contributed by atoms with E-state index in [1.165, 1.54) is 0 Å². The number of aliphatic hydroxyl groups is 1. The van der Waals surface area contributed by atoms with Gasteiger partial charge in [0.2, 0.25) is 0 Å². The number of esters is 1. The number of carboxylic acid groups (broad SMARTS) is 1. The Labute approximate surface area is 75.3 Å². The van der Waals surface area contributed by atoms with Crippen LogP contribution >= 0.6 is 0 Å². The van der Waals surface area contributed by atoms with E-state index < -0.39 is 17.5 Å². The van der Waals surface area contributed by atoms with Gasteiger partial charge in [0.15, 0.2) is 0 Å². The van der Waals surface area contributed by atoms with E-state index in [2.05, 4.69) is 4.74 Å². The molecule has 6 heteroatoms. The van der Waals surface area contributed by atoms with Gasteiger partial charge >= 0.3 is 11.9 Å². The Morgan fingerprint density at radius 2 is 2.08 bits per heavy atom. The van der Waals surface area contributed by atoms with Crippen molar-refractivity contribution >= 4 is 11.9 Å². The molecule has 0 saturated carbocycles. The topological polar surface area (TPSA) is 110 Å². The molecule has 0 rings (SSSR count). The summed E-state index contributed by atoms with van der Waals surface area (Å²) in [6, 6.07) is 0. The van der Waals surface area contributed by atoms with Crippen molar-refractivity contribution in [2.75, 3.05) is 13.7 Å². The van der Waals surface area contributed by atoms with Crippen LogP contribution in [0.5, 0.6) is 0 Å². The molecule has 1 atom stereocenters.